The van der Waals surface area contributed by atoms with Crippen LogP contribution in [0, 0.1) is 0 Å². The number of rotatable bonds is 4. The van der Waals surface area contributed by atoms with Gasteiger partial charge in [0.2, 0.25) is 0 Å². The summed E-state index contributed by atoms with van der Waals surface area (Å²) in [4.78, 5) is 16.2. The molecule has 0 atom stereocenters. The van der Waals surface area contributed by atoms with Gasteiger partial charge >= 0.3 is 0 Å². The van der Waals surface area contributed by atoms with Crippen molar-refractivity contribution in [3.05, 3.63) is 58.3 Å². The second-order valence-corrected chi connectivity index (χ2v) is 7.67. The van der Waals surface area contributed by atoms with Gasteiger partial charge in [-0.2, -0.15) is 0 Å². The number of ether oxygens (including phenoxy) is 1. The van der Waals surface area contributed by atoms with Crippen molar-refractivity contribution in [1.29, 1.82) is 0 Å². The molecule has 6 heteroatoms. The Kier molecular flexibility index (Phi) is 4.98. The van der Waals surface area contributed by atoms with E-state index in [9.17, 15) is 0 Å². The molecule has 1 aromatic carbocycles. The molecule has 4 rings (SSSR count). The first-order valence-corrected chi connectivity index (χ1v) is 9.61. The molecule has 1 aliphatic heterocycles. The predicted molar refractivity (Wildman–Crippen MR) is 107 cm³/mol. The Hall–Kier alpha value is -2.24. The molecule has 0 N–H and O–H groups in total. The third-order valence-electron chi connectivity index (χ3n) is 4.99. The average molecular weight is 383 g/mol. The smallest absolute Gasteiger partial charge is 0.134 e. The van der Waals surface area contributed by atoms with Crippen molar-refractivity contribution in [2.45, 2.75) is 39.3 Å². The largest absolute Gasteiger partial charge is 0.497 e. The van der Waals surface area contributed by atoms with Gasteiger partial charge < -0.3 is 4.74 Å². The normalized spacial score (nSPS) is 14.6. The minimum atomic E-state index is 0.354. The van der Waals surface area contributed by atoms with E-state index in [1.807, 2.05) is 24.4 Å². The maximum atomic E-state index is 6.46. The van der Waals surface area contributed by atoms with Crippen LogP contribution in [0.4, 0.5) is 0 Å². The number of hydrogen-bond donors (Lipinski definition) is 0. The Morgan fingerprint density at radius 1 is 1.22 bits per heavy atom. The van der Waals surface area contributed by atoms with Gasteiger partial charge in [0, 0.05) is 60.4 Å². The molecular weight excluding hydrogens is 360 g/mol. The molecule has 27 heavy (non-hydrogen) atoms. The standard InChI is InChI=1S/C21H23ClN4O/c1-13(2)21-23-10-16-12-26(7-6-19(16)25-21)11-15-8-14-9-17(27-3)4-5-18(14)24-20(15)22/h4-5,8-10,13H,6-7,11-12H2,1-3H3. The third-order valence-corrected chi connectivity index (χ3v) is 5.32. The van der Waals surface area contributed by atoms with Crippen molar-refractivity contribution in [1.82, 2.24) is 19.9 Å². The number of fused-ring (bicyclic) bond motifs is 2. The average Bonchev–Trinajstić information content (AvgIpc) is 2.67. The molecule has 0 fully saturated rings. The number of nitrogens with zero attached hydrogens (tertiary/aromatic N) is 4. The summed E-state index contributed by atoms with van der Waals surface area (Å²) in [5.74, 6) is 2.10. The fraction of sp³-hybridized carbons (Fsp3) is 0.381. The maximum absolute atomic E-state index is 6.46. The quantitative estimate of drug-likeness (QED) is 0.627. The minimum Gasteiger partial charge on any atom is -0.497 e. The Bertz CT molecular complexity index is 989. The van der Waals surface area contributed by atoms with Crippen LogP contribution in [-0.4, -0.2) is 33.5 Å². The Morgan fingerprint density at radius 3 is 2.85 bits per heavy atom. The maximum Gasteiger partial charge on any atom is 0.134 e. The highest BCUT2D eigenvalue weighted by molar-refractivity contribution is 6.30. The number of aromatic nitrogens is 3. The summed E-state index contributed by atoms with van der Waals surface area (Å²) in [7, 11) is 1.67. The third kappa shape index (κ3) is 3.75. The Morgan fingerprint density at radius 2 is 2.07 bits per heavy atom. The molecule has 2 aromatic heterocycles. The van der Waals surface area contributed by atoms with E-state index in [0.29, 0.717) is 11.1 Å². The van der Waals surface area contributed by atoms with E-state index >= 15 is 0 Å². The van der Waals surface area contributed by atoms with Gasteiger partial charge in [0.05, 0.1) is 12.6 Å². The van der Waals surface area contributed by atoms with E-state index in [1.165, 1.54) is 11.3 Å². The molecule has 140 valence electrons. The molecule has 0 bridgehead atoms. The zero-order valence-electron chi connectivity index (χ0n) is 15.9. The number of pyridine rings is 1. The lowest BCUT2D eigenvalue weighted by Gasteiger charge is -2.28. The lowest BCUT2D eigenvalue weighted by molar-refractivity contribution is 0.242. The van der Waals surface area contributed by atoms with Crippen molar-refractivity contribution in [3.63, 3.8) is 0 Å². The van der Waals surface area contributed by atoms with E-state index in [1.54, 1.807) is 7.11 Å². The molecule has 0 amide bonds. The predicted octanol–water partition coefficient (Wildman–Crippen LogP) is 4.37. The summed E-state index contributed by atoms with van der Waals surface area (Å²) in [5, 5.41) is 1.60. The molecule has 0 unspecified atom stereocenters. The number of benzene rings is 1. The molecule has 5 nitrogen and oxygen atoms in total. The molecular formula is C21H23ClN4O. The molecule has 0 aliphatic carbocycles. The van der Waals surface area contributed by atoms with Crippen molar-refractivity contribution >= 4 is 22.5 Å². The van der Waals surface area contributed by atoms with Gasteiger partial charge in [0.15, 0.2) is 0 Å². The van der Waals surface area contributed by atoms with Gasteiger partial charge in [-0.3, -0.25) is 4.90 Å². The summed E-state index contributed by atoms with van der Waals surface area (Å²) >= 11 is 6.46. The van der Waals surface area contributed by atoms with E-state index in [-0.39, 0.29) is 0 Å². The highest BCUT2D eigenvalue weighted by atomic mass is 35.5. The first-order valence-electron chi connectivity index (χ1n) is 9.23. The van der Waals surface area contributed by atoms with Gasteiger partial charge in [0.25, 0.3) is 0 Å². The number of methoxy groups -OCH3 is 1. The Labute approximate surface area is 164 Å². The van der Waals surface area contributed by atoms with Crippen molar-refractivity contribution < 1.29 is 4.74 Å². The zero-order valence-corrected chi connectivity index (χ0v) is 16.6. The SMILES string of the molecule is COc1ccc2nc(Cl)c(CN3CCc4nc(C(C)C)ncc4C3)cc2c1. The molecule has 0 saturated carbocycles. The number of hydrogen-bond acceptors (Lipinski definition) is 5. The van der Waals surface area contributed by atoms with Crippen LogP contribution in [0.1, 0.15) is 42.4 Å². The molecule has 3 aromatic rings. The minimum absolute atomic E-state index is 0.354. The summed E-state index contributed by atoms with van der Waals surface area (Å²) in [6, 6.07) is 7.94. The van der Waals surface area contributed by atoms with Gasteiger partial charge in [-0.25, -0.2) is 15.0 Å². The van der Waals surface area contributed by atoms with Gasteiger partial charge in [0.1, 0.15) is 16.7 Å². The summed E-state index contributed by atoms with van der Waals surface area (Å²) in [6.07, 6.45) is 2.92. The van der Waals surface area contributed by atoms with Crippen LogP contribution in [0.15, 0.2) is 30.5 Å². The van der Waals surface area contributed by atoms with E-state index < -0.39 is 0 Å². The molecule has 0 spiro atoms. The Balaban J connectivity index is 1.56. The fourth-order valence-corrected chi connectivity index (χ4v) is 3.66. The van der Waals surface area contributed by atoms with Crippen molar-refractivity contribution in [3.8, 4) is 5.75 Å². The molecule has 3 heterocycles. The molecule has 0 saturated heterocycles. The van der Waals surface area contributed by atoms with Crippen LogP contribution in [-0.2, 0) is 19.5 Å². The van der Waals surface area contributed by atoms with E-state index in [4.69, 9.17) is 21.3 Å². The zero-order chi connectivity index (χ0) is 19.0. The highest BCUT2D eigenvalue weighted by Gasteiger charge is 2.20. The van der Waals surface area contributed by atoms with Crippen LogP contribution in [0.25, 0.3) is 10.9 Å². The van der Waals surface area contributed by atoms with Gasteiger partial charge in [-0.05, 0) is 24.3 Å². The van der Waals surface area contributed by atoms with Gasteiger partial charge in [-0.15, -0.1) is 0 Å². The topological polar surface area (TPSA) is 51.1 Å². The second-order valence-electron chi connectivity index (χ2n) is 7.31. The molecule has 1 aliphatic rings. The monoisotopic (exact) mass is 382 g/mol. The van der Waals surface area contributed by atoms with Crippen molar-refractivity contribution in [2.75, 3.05) is 13.7 Å². The lowest BCUT2D eigenvalue weighted by atomic mass is 10.1. The highest BCUT2D eigenvalue weighted by Crippen LogP contribution is 2.27. The summed E-state index contributed by atoms with van der Waals surface area (Å²) in [6.45, 7) is 6.79. The van der Waals surface area contributed by atoms with Gasteiger partial charge in [-0.1, -0.05) is 25.4 Å². The van der Waals surface area contributed by atoms with Crippen LogP contribution in [0.2, 0.25) is 5.15 Å². The van der Waals surface area contributed by atoms with Crippen LogP contribution in [0.5, 0.6) is 5.75 Å². The second kappa shape index (κ2) is 7.41. The fourth-order valence-electron chi connectivity index (χ4n) is 3.46. The summed E-state index contributed by atoms with van der Waals surface area (Å²) in [5.41, 5.74) is 4.29. The van der Waals surface area contributed by atoms with Crippen molar-refractivity contribution in [2.24, 2.45) is 0 Å². The van der Waals surface area contributed by atoms with E-state index in [0.717, 1.165) is 54.1 Å². The number of halogens is 1. The first kappa shape index (κ1) is 18.1. The first-order chi connectivity index (χ1) is 13.0. The van der Waals surface area contributed by atoms with Crippen LogP contribution in [0.3, 0.4) is 0 Å². The van der Waals surface area contributed by atoms with Crippen LogP contribution < -0.4 is 4.74 Å². The molecule has 0 radical (unpaired) electrons. The lowest BCUT2D eigenvalue weighted by Crippen LogP contribution is -2.31. The summed E-state index contributed by atoms with van der Waals surface area (Å²) < 4.78 is 5.32. The van der Waals surface area contributed by atoms with E-state index in [2.05, 4.69) is 34.8 Å². The van der Waals surface area contributed by atoms with Crippen LogP contribution >= 0.6 is 11.6 Å².